The molecular weight excluding hydrogens is 396 g/mol. The molecule has 0 bridgehead atoms. The van der Waals surface area contributed by atoms with Crippen LogP contribution in [0.4, 0.5) is 5.69 Å². The van der Waals surface area contributed by atoms with Gasteiger partial charge in [0.15, 0.2) is 11.5 Å². The maximum Gasteiger partial charge on any atom is 0.264 e. The molecule has 0 atom stereocenters. The second-order valence-electron chi connectivity index (χ2n) is 6.14. The molecule has 0 spiro atoms. The summed E-state index contributed by atoms with van der Waals surface area (Å²) in [6, 6.07) is 10.7. The van der Waals surface area contributed by atoms with E-state index in [0.29, 0.717) is 42.3 Å². The summed E-state index contributed by atoms with van der Waals surface area (Å²) in [5, 5.41) is 2.79. The zero-order valence-corrected chi connectivity index (χ0v) is 17.8. The summed E-state index contributed by atoms with van der Waals surface area (Å²) in [7, 11) is 2.16. The zero-order valence-electron chi connectivity index (χ0n) is 17.0. The largest absolute Gasteiger partial charge is 0.493 e. The monoisotopic (exact) mass is 422 g/mol. The van der Waals surface area contributed by atoms with Gasteiger partial charge in [0.2, 0.25) is 0 Å². The van der Waals surface area contributed by atoms with Gasteiger partial charge >= 0.3 is 0 Å². The van der Waals surface area contributed by atoms with Crippen molar-refractivity contribution in [2.24, 2.45) is 0 Å². The molecule has 1 amide bonds. The van der Waals surface area contributed by atoms with E-state index in [1.54, 1.807) is 31.4 Å². The van der Waals surface area contributed by atoms with Crippen LogP contribution in [-0.2, 0) is 14.8 Å². The summed E-state index contributed by atoms with van der Waals surface area (Å²) < 4.78 is 42.3. The number of benzene rings is 2. The lowest BCUT2D eigenvalue weighted by molar-refractivity contribution is 0.0948. The Balaban J connectivity index is 2.16. The molecule has 0 aliphatic carbocycles. The lowest BCUT2D eigenvalue weighted by Crippen LogP contribution is -2.27. The first-order chi connectivity index (χ1) is 13.8. The molecule has 2 rings (SSSR count). The minimum Gasteiger partial charge on any atom is -0.493 e. The molecule has 1 N–H and O–H groups in total. The van der Waals surface area contributed by atoms with E-state index in [0.717, 1.165) is 4.31 Å². The van der Waals surface area contributed by atoms with Gasteiger partial charge in [-0.25, -0.2) is 8.42 Å². The summed E-state index contributed by atoms with van der Waals surface area (Å²) in [6.07, 6.45) is 0.715. The van der Waals surface area contributed by atoms with E-state index < -0.39 is 10.0 Å². The molecule has 0 saturated carbocycles. The number of nitrogens with one attached hydrogen (secondary N) is 1. The number of hydrogen-bond acceptors (Lipinski definition) is 6. The standard InChI is InChI=1S/C20H26N2O6S/c1-22(29(24,25)17-10-11-18(27-3)19(14-17)28-4)16-8-6-15(7-9-16)20(23)21-12-5-13-26-2/h6-11,14H,5,12-13H2,1-4H3,(H,21,23). The topological polar surface area (TPSA) is 94.2 Å². The predicted octanol–water partition coefficient (Wildman–Crippen LogP) is 2.30. The van der Waals surface area contributed by atoms with Crippen LogP contribution < -0.4 is 19.1 Å². The molecule has 0 unspecified atom stereocenters. The van der Waals surface area contributed by atoms with Gasteiger partial charge in [-0.3, -0.25) is 9.10 Å². The number of methoxy groups -OCH3 is 3. The molecule has 2 aromatic carbocycles. The van der Waals surface area contributed by atoms with E-state index in [9.17, 15) is 13.2 Å². The van der Waals surface area contributed by atoms with Crippen LogP contribution in [0.2, 0.25) is 0 Å². The molecule has 0 radical (unpaired) electrons. The Morgan fingerprint density at radius 2 is 1.66 bits per heavy atom. The third-order valence-corrected chi connectivity index (χ3v) is 6.10. The number of carbonyl (C=O) groups excluding carboxylic acids is 1. The Morgan fingerprint density at radius 1 is 1.00 bits per heavy atom. The maximum atomic E-state index is 13.0. The van der Waals surface area contributed by atoms with E-state index in [1.807, 2.05) is 0 Å². The first-order valence-corrected chi connectivity index (χ1v) is 10.4. The Bertz CT molecular complexity index is 928. The van der Waals surface area contributed by atoms with Crippen molar-refractivity contribution in [3.05, 3.63) is 48.0 Å². The molecule has 0 aromatic heterocycles. The number of carbonyl (C=O) groups is 1. The number of sulfonamides is 1. The van der Waals surface area contributed by atoms with Crippen molar-refractivity contribution >= 4 is 21.6 Å². The van der Waals surface area contributed by atoms with Gasteiger partial charge in [-0.2, -0.15) is 0 Å². The fourth-order valence-corrected chi connectivity index (χ4v) is 3.83. The minimum atomic E-state index is -3.82. The molecule has 0 aliphatic rings. The van der Waals surface area contributed by atoms with Crippen LogP contribution in [-0.4, -0.2) is 55.9 Å². The SMILES string of the molecule is COCCCNC(=O)c1ccc(N(C)S(=O)(=O)c2ccc(OC)c(OC)c2)cc1. The van der Waals surface area contributed by atoms with Crippen LogP contribution >= 0.6 is 0 Å². The van der Waals surface area contributed by atoms with Crippen LogP contribution in [0.15, 0.2) is 47.4 Å². The van der Waals surface area contributed by atoms with Gasteiger partial charge in [-0.1, -0.05) is 0 Å². The van der Waals surface area contributed by atoms with Gasteiger partial charge in [0, 0.05) is 38.9 Å². The fraction of sp³-hybridized carbons (Fsp3) is 0.350. The number of rotatable bonds is 10. The van der Waals surface area contributed by atoms with Crippen LogP contribution in [0.25, 0.3) is 0 Å². The van der Waals surface area contributed by atoms with E-state index in [4.69, 9.17) is 14.2 Å². The minimum absolute atomic E-state index is 0.0672. The zero-order chi connectivity index (χ0) is 21.4. The van der Waals surface area contributed by atoms with Gasteiger partial charge in [0.1, 0.15) is 0 Å². The van der Waals surface area contributed by atoms with E-state index in [-0.39, 0.29) is 10.8 Å². The van der Waals surface area contributed by atoms with Crippen molar-refractivity contribution in [1.82, 2.24) is 5.32 Å². The summed E-state index contributed by atoms with van der Waals surface area (Å²) in [6.45, 7) is 1.07. The van der Waals surface area contributed by atoms with E-state index >= 15 is 0 Å². The molecule has 9 heteroatoms. The Kier molecular flexibility index (Phi) is 7.86. The summed E-state index contributed by atoms with van der Waals surface area (Å²) in [4.78, 5) is 12.2. The van der Waals surface area contributed by atoms with E-state index in [2.05, 4.69) is 5.32 Å². The molecule has 0 fully saturated rings. The molecule has 0 aliphatic heterocycles. The van der Waals surface area contributed by atoms with Gasteiger partial charge < -0.3 is 19.5 Å². The van der Waals surface area contributed by atoms with Crippen molar-refractivity contribution in [1.29, 1.82) is 0 Å². The van der Waals surface area contributed by atoms with Crippen molar-refractivity contribution in [3.63, 3.8) is 0 Å². The van der Waals surface area contributed by atoms with Crippen LogP contribution in [0.3, 0.4) is 0 Å². The van der Waals surface area contributed by atoms with Gasteiger partial charge in [-0.05, 0) is 42.8 Å². The van der Waals surface area contributed by atoms with Gasteiger partial charge in [-0.15, -0.1) is 0 Å². The smallest absolute Gasteiger partial charge is 0.264 e. The van der Waals surface area contributed by atoms with Crippen molar-refractivity contribution < 1.29 is 27.4 Å². The normalized spacial score (nSPS) is 11.0. The first-order valence-electron chi connectivity index (χ1n) is 8.93. The average molecular weight is 423 g/mol. The highest BCUT2D eigenvalue weighted by atomic mass is 32.2. The lowest BCUT2D eigenvalue weighted by Gasteiger charge is -2.20. The van der Waals surface area contributed by atoms with Crippen molar-refractivity contribution in [3.8, 4) is 11.5 Å². The number of anilines is 1. The number of hydrogen-bond donors (Lipinski definition) is 1. The quantitative estimate of drug-likeness (QED) is 0.591. The van der Waals surface area contributed by atoms with Crippen LogP contribution in [0.5, 0.6) is 11.5 Å². The second kappa shape index (κ2) is 10.1. The molecule has 0 heterocycles. The molecule has 2 aromatic rings. The third-order valence-electron chi connectivity index (χ3n) is 4.32. The fourth-order valence-electron chi connectivity index (χ4n) is 2.62. The van der Waals surface area contributed by atoms with E-state index in [1.165, 1.54) is 39.5 Å². The summed E-state index contributed by atoms with van der Waals surface area (Å²) in [5.41, 5.74) is 0.874. The highest BCUT2D eigenvalue weighted by Crippen LogP contribution is 2.31. The highest BCUT2D eigenvalue weighted by Gasteiger charge is 2.23. The van der Waals surface area contributed by atoms with Crippen molar-refractivity contribution in [2.45, 2.75) is 11.3 Å². The molecular formula is C20H26N2O6S. The average Bonchev–Trinajstić information content (AvgIpc) is 2.75. The molecule has 0 saturated heterocycles. The third kappa shape index (κ3) is 5.39. The molecule has 158 valence electrons. The van der Waals surface area contributed by atoms with Crippen LogP contribution in [0.1, 0.15) is 16.8 Å². The summed E-state index contributed by atoms with van der Waals surface area (Å²) >= 11 is 0. The number of nitrogens with zero attached hydrogens (tertiary/aromatic N) is 1. The molecule has 29 heavy (non-hydrogen) atoms. The summed E-state index contributed by atoms with van der Waals surface area (Å²) in [5.74, 6) is 0.537. The van der Waals surface area contributed by atoms with Crippen molar-refractivity contribution in [2.75, 3.05) is 45.8 Å². The Hall–Kier alpha value is -2.78. The first kappa shape index (κ1) is 22.5. The Morgan fingerprint density at radius 3 is 2.24 bits per heavy atom. The lowest BCUT2D eigenvalue weighted by atomic mass is 10.2. The van der Waals surface area contributed by atoms with Gasteiger partial charge in [0.05, 0.1) is 24.8 Å². The van der Waals surface area contributed by atoms with Crippen LogP contribution in [0, 0.1) is 0 Å². The second-order valence-corrected chi connectivity index (χ2v) is 8.11. The van der Waals surface area contributed by atoms with Gasteiger partial charge in [0.25, 0.3) is 15.9 Å². The maximum absolute atomic E-state index is 13.0. The number of ether oxygens (including phenoxy) is 3. The predicted molar refractivity (Wildman–Crippen MR) is 110 cm³/mol. The highest BCUT2D eigenvalue weighted by molar-refractivity contribution is 7.92. The number of amides is 1. The Labute approximate surface area is 171 Å². The molecule has 8 nitrogen and oxygen atoms in total.